The van der Waals surface area contributed by atoms with E-state index in [0.29, 0.717) is 23.7 Å². The molecule has 0 spiro atoms. The number of nitrogens with one attached hydrogen (secondary N) is 1. The molecule has 0 radical (unpaired) electrons. The van der Waals surface area contributed by atoms with Gasteiger partial charge in [-0.25, -0.2) is 0 Å². The largest absolute Gasteiger partial charge is 0.397 e. The van der Waals surface area contributed by atoms with Gasteiger partial charge < -0.3 is 11.1 Å². The first-order valence-corrected chi connectivity index (χ1v) is 6.00. The SMILES string of the molecule is CCS(=O)CCNc1cncc(N)c1. The van der Waals surface area contributed by atoms with Gasteiger partial charge in [-0.05, 0) is 6.07 Å². The van der Waals surface area contributed by atoms with Gasteiger partial charge in [0.25, 0.3) is 0 Å². The quantitative estimate of drug-likeness (QED) is 0.760. The number of nitrogens with zero attached hydrogens (tertiary/aromatic N) is 1. The second-order valence-electron chi connectivity index (χ2n) is 2.87. The Morgan fingerprint density at radius 3 is 3.00 bits per heavy atom. The van der Waals surface area contributed by atoms with E-state index < -0.39 is 10.8 Å². The summed E-state index contributed by atoms with van der Waals surface area (Å²) in [6.07, 6.45) is 3.29. The number of aromatic nitrogens is 1. The van der Waals surface area contributed by atoms with Crippen molar-refractivity contribution in [2.24, 2.45) is 0 Å². The van der Waals surface area contributed by atoms with Gasteiger partial charge in [0.05, 0.1) is 17.6 Å². The zero-order valence-corrected chi connectivity index (χ0v) is 9.01. The van der Waals surface area contributed by atoms with Crippen LogP contribution in [0.15, 0.2) is 18.5 Å². The molecular formula is C9H15N3OS. The van der Waals surface area contributed by atoms with Gasteiger partial charge in [-0.3, -0.25) is 9.19 Å². The van der Waals surface area contributed by atoms with Gasteiger partial charge >= 0.3 is 0 Å². The lowest BCUT2D eigenvalue weighted by molar-refractivity contribution is 0.684. The molecule has 0 aliphatic heterocycles. The van der Waals surface area contributed by atoms with Crippen molar-refractivity contribution in [1.82, 2.24) is 4.98 Å². The third kappa shape index (κ3) is 3.74. The van der Waals surface area contributed by atoms with Crippen molar-refractivity contribution in [2.75, 3.05) is 29.1 Å². The Balaban J connectivity index is 2.35. The number of nitrogens with two attached hydrogens (primary N) is 1. The zero-order valence-electron chi connectivity index (χ0n) is 8.19. The highest BCUT2D eigenvalue weighted by Gasteiger charge is 1.96. The van der Waals surface area contributed by atoms with Crippen LogP contribution in [0.25, 0.3) is 0 Å². The molecule has 1 aromatic heterocycles. The van der Waals surface area contributed by atoms with Crippen molar-refractivity contribution in [3.05, 3.63) is 18.5 Å². The van der Waals surface area contributed by atoms with Gasteiger partial charge in [-0.15, -0.1) is 0 Å². The molecule has 0 aromatic carbocycles. The summed E-state index contributed by atoms with van der Waals surface area (Å²) < 4.78 is 11.1. The van der Waals surface area contributed by atoms with Crippen molar-refractivity contribution in [2.45, 2.75) is 6.92 Å². The van der Waals surface area contributed by atoms with Crippen molar-refractivity contribution >= 4 is 22.2 Å². The second-order valence-corrected chi connectivity index (χ2v) is 4.73. The fourth-order valence-electron chi connectivity index (χ4n) is 1.01. The summed E-state index contributed by atoms with van der Waals surface area (Å²) in [5.74, 6) is 1.36. The van der Waals surface area contributed by atoms with E-state index in [0.717, 1.165) is 5.69 Å². The molecule has 1 rings (SSSR count). The molecule has 78 valence electrons. The Labute approximate surface area is 86.4 Å². The number of anilines is 2. The van der Waals surface area contributed by atoms with Crippen LogP contribution in [-0.4, -0.2) is 27.2 Å². The third-order valence-corrected chi connectivity index (χ3v) is 3.04. The van der Waals surface area contributed by atoms with Gasteiger partial charge in [0.1, 0.15) is 0 Å². The van der Waals surface area contributed by atoms with Crippen LogP contribution < -0.4 is 11.1 Å². The molecule has 0 saturated carbocycles. The van der Waals surface area contributed by atoms with Crippen molar-refractivity contribution in [3.8, 4) is 0 Å². The average molecular weight is 213 g/mol. The number of nitrogen functional groups attached to an aromatic ring is 1. The van der Waals surface area contributed by atoms with Crippen LogP contribution in [0.4, 0.5) is 11.4 Å². The molecule has 1 aromatic rings. The summed E-state index contributed by atoms with van der Waals surface area (Å²) in [7, 11) is -0.720. The molecule has 0 aliphatic rings. The van der Waals surface area contributed by atoms with Gasteiger partial charge in [0.15, 0.2) is 0 Å². The minimum absolute atomic E-state index is 0.631. The monoisotopic (exact) mass is 213 g/mol. The van der Waals surface area contributed by atoms with E-state index in [4.69, 9.17) is 5.73 Å². The molecule has 4 nitrogen and oxygen atoms in total. The molecule has 0 amide bonds. The predicted octanol–water partition coefficient (Wildman–Crippen LogP) is 0.844. The lowest BCUT2D eigenvalue weighted by atomic mass is 10.4. The van der Waals surface area contributed by atoms with Crippen molar-refractivity contribution in [1.29, 1.82) is 0 Å². The Bertz CT molecular complexity index is 317. The highest BCUT2D eigenvalue weighted by molar-refractivity contribution is 7.84. The van der Waals surface area contributed by atoms with E-state index in [1.165, 1.54) is 0 Å². The van der Waals surface area contributed by atoms with Crippen molar-refractivity contribution in [3.63, 3.8) is 0 Å². The van der Waals surface area contributed by atoms with Crippen molar-refractivity contribution < 1.29 is 4.21 Å². The summed E-state index contributed by atoms with van der Waals surface area (Å²) in [6, 6.07) is 1.81. The minimum atomic E-state index is -0.720. The first kappa shape index (κ1) is 11.0. The highest BCUT2D eigenvalue weighted by atomic mass is 32.2. The van der Waals surface area contributed by atoms with E-state index >= 15 is 0 Å². The first-order valence-electron chi connectivity index (χ1n) is 4.51. The van der Waals surface area contributed by atoms with Gasteiger partial charge in [0, 0.05) is 35.0 Å². The molecule has 1 unspecified atom stereocenters. The van der Waals surface area contributed by atoms with Crippen LogP contribution in [0, 0.1) is 0 Å². The molecule has 0 bridgehead atoms. The Morgan fingerprint density at radius 2 is 2.36 bits per heavy atom. The van der Waals surface area contributed by atoms with E-state index in [2.05, 4.69) is 10.3 Å². The predicted molar refractivity (Wildman–Crippen MR) is 60.7 cm³/mol. The average Bonchev–Trinajstić information content (AvgIpc) is 2.17. The standard InChI is InChI=1S/C9H15N3OS/c1-2-14(13)4-3-12-9-5-8(10)6-11-7-9/h5-7,12H,2-4,10H2,1H3. The van der Waals surface area contributed by atoms with Crippen LogP contribution in [0.2, 0.25) is 0 Å². The van der Waals surface area contributed by atoms with E-state index in [9.17, 15) is 4.21 Å². The molecule has 0 aliphatic carbocycles. The third-order valence-electron chi connectivity index (χ3n) is 1.74. The van der Waals surface area contributed by atoms with Crippen LogP contribution in [-0.2, 0) is 10.8 Å². The molecule has 0 fully saturated rings. The number of pyridine rings is 1. The fourth-order valence-corrected chi connectivity index (χ4v) is 1.63. The molecule has 1 atom stereocenters. The second kappa shape index (κ2) is 5.59. The maximum Gasteiger partial charge on any atom is 0.0547 e. The Morgan fingerprint density at radius 1 is 1.57 bits per heavy atom. The smallest absolute Gasteiger partial charge is 0.0547 e. The Kier molecular flexibility index (Phi) is 4.39. The molecule has 14 heavy (non-hydrogen) atoms. The molecule has 1 heterocycles. The zero-order chi connectivity index (χ0) is 10.4. The number of hydrogen-bond donors (Lipinski definition) is 2. The highest BCUT2D eigenvalue weighted by Crippen LogP contribution is 2.08. The molecule has 3 N–H and O–H groups in total. The van der Waals surface area contributed by atoms with Gasteiger partial charge in [-0.2, -0.15) is 0 Å². The number of hydrogen-bond acceptors (Lipinski definition) is 4. The minimum Gasteiger partial charge on any atom is -0.397 e. The number of rotatable bonds is 5. The van der Waals surface area contributed by atoms with Gasteiger partial charge in [-0.1, -0.05) is 6.92 Å². The summed E-state index contributed by atoms with van der Waals surface area (Å²) in [6.45, 7) is 2.60. The van der Waals surface area contributed by atoms with E-state index in [1.807, 2.05) is 13.0 Å². The molecule has 5 heteroatoms. The molecule has 0 saturated heterocycles. The van der Waals surface area contributed by atoms with Crippen LogP contribution >= 0.6 is 0 Å². The lowest BCUT2D eigenvalue weighted by Crippen LogP contribution is -2.12. The lowest BCUT2D eigenvalue weighted by Gasteiger charge is -2.05. The maximum atomic E-state index is 11.1. The summed E-state index contributed by atoms with van der Waals surface area (Å²) in [5, 5.41) is 3.12. The fraction of sp³-hybridized carbons (Fsp3) is 0.444. The summed E-state index contributed by atoms with van der Waals surface area (Å²) >= 11 is 0. The van der Waals surface area contributed by atoms with Crippen LogP contribution in [0.1, 0.15) is 6.92 Å². The van der Waals surface area contributed by atoms with E-state index in [1.54, 1.807) is 12.4 Å². The summed E-state index contributed by atoms with van der Waals surface area (Å²) in [4.78, 5) is 3.94. The normalized spacial score (nSPS) is 12.4. The maximum absolute atomic E-state index is 11.1. The first-order chi connectivity index (χ1) is 6.72. The van der Waals surface area contributed by atoms with Crippen LogP contribution in [0.3, 0.4) is 0 Å². The summed E-state index contributed by atoms with van der Waals surface area (Å²) in [5.41, 5.74) is 7.06. The van der Waals surface area contributed by atoms with E-state index in [-0.39, 0.29) is 0 Å². The molecular weight excluding hydrogens is 198 g/mol. The van der Waals surface area contributed by atoms with Crippen LogP contribution in [0.5, 0.6) is 0 Å². The topological polar surface area (TPSA) is 68.0 Å². The Hall–Kier alpha value is -1.10. The van der Waals surface area contributed by atoms with Gasteiger partial charge in [0.2, 0.25) is 0 Å².